The van der Waals surface area contributed by atoms with Crippen LogP contribution in [0.4, 0.5) is 0 Å². The third-order valence-corrected chi connectivity index (χ3v) is 6.76. The van der Waals surface area contributed by atoms with E-state index < -0.39 is 16.0 Å². The number of aromatic carboxylic acids is 1. The molecule has 0 aliphatic heterocycles. The van der Waals surface area contributed by atoms with Gasteiger partial charge in [-0.25, -0.2) is 17.9 Å². The summed E-state index contributed by atoms with van der Waals surface area (Å²) in [6, 6.07) is 8.30. The normalized spacial score (nSPS) is 20.0. The van der Waals surface area contributed by atoms with Gasteiger partial charge in [-0.1, -0.05) is 6.07 Å². The largest absolute Gasteiger partial charge is 0.508 e. The summed E-state index contributed by atoms with van der Waals surface area (Å²) in [5.41, 5.74) is 1.23. The molecule has 0 bridgehead atoms. The summed E-state index contributed by atoms with van der Waals surface area (Å²) >= 11 is 0. The van der Waals surface area contributed by atoms with Crippen LogP contribution in [0, 0.1) is 6.92 Å². The predicted octanol–water partition coefficient (Wildman–Crippen LogP) is 3.11. The van der Waals surface area contributed by atoms with Crippen LogP contribution in [-0.2, 0) is 10.0 Å². The highest BCUT2D eigenvalue weighted by molar-refractivity contribution is 7.89. The molecule has 1 aliphatic rings. The lowest BCUT2D eigenvalue weighted by molar-refractivity contribution is 0.0696. The van der Waals surface area contributed by atoms with Gasteiger partial charge in [0.1, 0.15) is 11.5 Å². The van der Waals surface area contributed by atoms with E-state index in [0.29, 0.717) is 31.2 Å². The van der Waals surface area contributed by atoms with E-state index in [1.165, 1.54) is 30.3 Å². The summed E-state index contributed by atoms with van der Waals surface area (Å²) in [7, 11) is -3.75. The van der Waals surface area contributed by atoms with Crippen LogP contribution in [0.15, 0.2) is 41.3 Å². The maximum Gasteiger partial charge on any atom is 0.335 e. The van der Waals surface area contributed by atoms with Gasteiger partial charge < -0.3 is 15.3 Å². The molecular weight excluding hydrogens is 382 g/mol. The standard InChI is InChI=1S/C20H23NO6S/c1-12-10-16(7-9-17(12)20(24)25)28(26,27)21-14-4-2-13(3-5-14)18-8-6-15(22)11-19(18)23/h6-11,13-14,21-23H,2-5H2,1H3,(H,24,25)/t13-,14+. The van der Waals surface area contributed by atoms with Crippen molar-refractivity contribution < 1.29 is 28.5 Å². The number of sulfonamides is 1. The summed E-state index contributed by atoms with van der Waals surface area (Å²) in [6.07, 6.45) is 2.66. The molecule has 28 heavy (non-hydrogen) atoms. The SMILES string of the molecule is Cc1cc(S(=O)(=O)N[C@H]2CC[C@@H](c3ccc(O)cc3O)CC2)ccc1C(=O)O. The summed E-state index contributed by atoms with van der Waals surface area (Å²) in [5.74, 6) is -0.923. The number of carbonyl (C=O) groups is 1. The molecule has 0 amide bonds. The number of rotatable bonds is 5. The zero-order valence-corrected chi connectivity index (χ0v) is 16.2. The highest BCUT2D eigenvalue weighted by Gasteiger charge is 2.28. The van der Waals surface area contributed by atoms with E-state index >= 15 is 0 Å². The van der Waals surface area contributed by atoms with Gasteiger partial charge >= 0.3 is 5.97 Å². The Morgan fingerprint density at radius 1 is 1.04 bits per heavy atom. The lowest BCUT2D eigenvalue weighted by Gasteiger charge is -2.29. The first kappa shape index (κ1) is 20.2. The van der Waals surface area contributed by atoms with Gasteiger partial charge in [0.25, 0.3) is 0 Å². The second kappa shape index (κ2) is 7.81. The molecule has 0 atom stereocenters. The second-order valence-corrected chi connectivity index (χ2v) is 8.91. The number of hydrogen-bond donors (Lipinski definition) is 4. The topological polar surface area (TPSA) is 124 Å². The molecule has 8 heteroatoms. The van der Waals surface area contributed by atoms with E-state index in [2.05, 4.69) is 4.72 Å². The van der Waals surface area contributed by atoms with E-state index in [4.69, 9.17) is 5.11 Å². The number of phenolic OH excluding ortho intramolecular Hbond substituents is 2. The van der Waals surface area contributed by atoms with Crippen molar-refractivity contribution >= 4 is 16.0 Å². The molecule has 7 nitrogen and oxygen atoms in total. The minimum atomic E-state index is -3.75. The van der Waals surface area contributed by atoms with Gasteiger partial charge in [-0.15, -0.1) is 0 Å². The monoisotopic (exact) mass is 405 g/mol. The molecule has 1 aliphatic carbocycles. The van der Waals surface area contributed by atoms with Crippen LogP contribution in [0.5, 0.6) is 11.5 Å². The van der Waals surface area contributed by atoms with Crippen LogP contribution < -0.4 is 4.72 Å². The number of carboxylic acids is 1. The minimum Gasteiger partial charge on any atom is -0.508 e. The van der Waals surface area contributed by atoms with E-state index in [1.54, 1.807) is 13.0 Å². The maximum absolute atomic E-state index is 12.7. The summed E-state index contributed by atoms with van der Waals surface area (Å²) in [6.45, 7) is 1.57. The maximum atomic E-state index is 12.7. The lowest BCUT2D eigenvalue weighted by atomic mass is 9.81. The van der Waals surface area contributed by atoms with E-state index in [1.807, 2.05) is 0 Å². The molecule has 2 aromatic carbocycles. The number of carboxylic acid groups (broad SMARTS) is 1. The predicted molar refractivity (Wildman–Crippen MR) is 103 cm³/mol. The molecule has 150 valence electrons. The van der Waals surface area contributed by atoms with Crippen LogP contribution in [0.3, 0.4) is 0 Å². The Kier molecular flexibility index (Phi) is 5.62. The Hall–Kier alpha value is -2.58. The fraction of sp³-hybridized carbons (Fsp3) is 0.350. The Bertz CT molecular complexity index is 994. The Morgan fingerprint density at radius 3 is 2.29 bits per heavy atom. The molecular formula is C20H23NO6S. The van der Waals surface area contributed by atoms with Gasteiger partial charge in [-0.3, -0.25) is 0 Å². The van der Waals surface area contributed by atoms with E-state index in [0.717, 1.165) is 5.56 Å². The van der Waals surface area contributed by atoms with Gasteiger partial charge in [0.15, 0.2) is 0 Å². The van der Waals surface area contributed by atoms with Crippen molar-refractivity contribution in [2.24, 2.45) is 0 Å². The highest BCUT2D eigenvalue weighted by Crippen LogP contribution is 2.38. The zero-order valence-electron chi connectivity index (χ0n) is 15.4. The number of aryl methyl sites for hydroxylation is 1. The Labute approximate surface area is 163 Å². The summed E-state index contributed by atoms with van der Waals surface area (Å²) in [5, 5.41) is 28.5. The fourth-order valence-corrected chi connectivity index (χ4v) is 5.12. The first-order valence-electron chi connectivity index (χ1n) is 9.05. The molecule has 3 rings (SSSR count). The molecule has 0 saturated heterocycles. The van der Waals surface area contributed by atoms with Crippen molar-refractivity contribution in [1.82, 2.24) is 4.72 Å². The number of phenols is 2. The van der Waals surface area contributed by atoms with Crippen molar-refractivity contribution in [2.75, 3.05) is 0 Å². The number of hydrogen-bond acceptors (Lipinski definition) is 5. The van der Waals surface area contributed by atoms with Gasteiger partial charge in [0.05, 0.1) is 10.5 Å². The molecule has 2 aromatic rings. The summed E-state index contributed by atoms with van der Waals surface area (Å²) < 4.78 is 28.0. The molecule has 0 heterocycles. The molecule has 4 N–H and O–H groups in total. The van der Waals surface area contributed by atoms with Crippen molar-refractivity contribution in [2.45, 2.75) is 49.5 Å². The quantitative estimate of drug-likeness (QED) is 0.606. The van der Waals surface area contributed by atoms with E-state index in [-0.39, 0.29) is 33.9 Å². The van der Waals surface area contributed by atoms with Gasteiger partial charge in [0, 0.05) is 12.1 Å². The molecule has 0 unspecified atom stereocenters. The average molecular weight is 405 g/mol. The van der Waals surface area contributed by atoms with E-state index in [9.17, 15) is 23.4 Å². The number of aromatic hydroxyl groups is 2. The Morgan fingerprint density at radius 2 is 1.71 bits per heavy atom. The molecule has 1 fully saturated rings. The fourth-order valence-electron chi connectivity index (χ4n) is 3.73. The van der Waals surface area contributed by atoms with Gasteiger partial charge in [-0.2, -0.15) is 0 Å². The molecule has 0 spiro atoms. The first-order chi connectivity index (χ1) is 13.2. The number of benzene rings is 2. The zero-order chi connectivity index (χ0) is 20.5. The number of nitrogens with one attached hydrogen (secondary N) is 1. The second-order valence-electron chi connectivity index (χ2n) is 7.19. The summed E-state index contributed by atoms with van der Waals surface area (Å²) in [4.78, 5) is 11.1. The van der Waals surface area contributed by atoms with Crippen LogP contribution in [0.2, 0.25) is 0 Å². The Balaban J connectivity index is 1.66. The first-order valence-corrected chi connectivity index (χ1v) is 10.5. The smallest absolute Gasteiger partial charge is 0.335 e. The molecule has 0 radical (unpaired) electrons. The van der Waals surface area contributed by atoms with Crippen molar-refractivity contribution in [1.29, 1.82) is 0 Å². The minimum absolute atomic E-state index is 0.00639. The average Bonchev–Trinajstić information content (AvgIpc) is 2.62. The van der Waals surface area contributed by atoms with Crippen molar-refractivity contribution in [3.63, 3.8) is 0 Å². The van der Waals surface area contributed by atoms with Gasteiger partial charge in [-0.05, 0) is 73.9 Å². The van der Waals surface area contributed by atoms with Crippen LogP contribution in [-0.4, -0.2) is 35.7 Å². The third kappa shape index (κ3) is 4.28. The van der Waals surface area contributed by atoms with Crippen LogP contribution in [0.1, 0.15) is 53.1 Å². The van der Waals surface area contributed by atoms with Crippen LogP contribution in [0.25, 0.3) is 0 Å². The molecule has 1 saturated carbocycles. The van der Waals surface area contributed by atoms with Crippen molar-refractivity contribution in [3.8, 4) is 11.5 Å². The molecule has 0 aromatic heterocycles. The van der Waals surface area contributed by atoms with Crippen LogP contribution >= 0.6 is 0 Å². The van der Waals surface area contributed by atoms with Gasteiger partial charge in [0.2, 0.25) is 10.0 Å². The third-order valence-electron chi connectivity index (χ3n) is 5.24. The lowest BCUT2D eigenvalue weighted by Crippen LogP contribution is -2.37. The van der Waals surface area contributed by atoms with Crippen molar-refractivity contribution in [3.05, 3.63) is 53.1 Å². The highest BCUT2D eigenvalue weighted by atomic mass is 32.2.